The highest BCUT2D eigenvalue weighted by molar-refractivity contribution is 7.47. The van der Waals surface area contributed by atoms with E-state index >= 15 is 0 Å². The van der Waals surface area contributed by atoms with Gasteiger partial charge in [-0.2, -0.15) is 0 Å². The highest BCUT2D eigenvalue weighted by Gasteiger charge is 2.29. The van der Waals surface area contributed by atoms with Gasteiger partial charge in [-0.05, 0) is 154 Å². The van der Waals surface area contributed by atoms with Gasteiger partial charge in [-0.1, -0.05) is 365 Å². The van der Waals surface area contributed by atoms with E-state index in [0.717, 1.165) is 154 Å². The summed E-state index contributed by atoms with van der Waals surface area (Å²) in [7, 11) is -9.82. The third-order valence-corrected chi connectivity index (χ3v) is 21.1. The Hall–Kier alpha value is -4.83. The monoisotopic (exact) mass is 1650 g/mol. The number of ether oxygens (including phenoxy) is 3. The summed E-state index contributed by atoms with van der Waals surface area (Å²) in [6.45, 7) is 2.52. The van der Waals surface area contributed by atoms with E-state index in [9.17, 15) is 43.5 Å². The van der Waals surface area contributed by atoms with Crippen LogP contribution in [0.15, 0.2) is 158 Å². The van der Waals surface area contributed by atoms with Crippen molar-refractivity contribution in [2.75, 3.05) is 39.6 Å². The van der Waals surface area contributed by atoms with E-state index in [0.29, 0.717) is 19.3 Å². The predicted octanol–water partition coefficient (Wildman–Crippen LogP) is 28.1. The van der Waals surface area contributed by atoms with E-state index in [1.165, 1.54) is 167 Å². The van der Waals surface area contributed by atoms with Crippen LogP contribution in [0.2, 0.25) is 0 Å². The van der Waals surface area contributed by atoms with Crippen LogP contribution in [0.25, 0.3) is 0 Å². The lowest BCUT2D eigenvalue weighted by atomic mass is 10.0. The van der Waals surface area contributed by atoms with Crippen LogP contribution in [0.1, 0.15) is 380 Å². The van der Waals surface area contributed by atoms with E-state index in [2.05, 4.69) is 179 Å². The van der Waals surface area contributed by atoms with E-state index in [-0.39, 0.29) is 19.3 Å². The molecule has 16 nitrogen and oxygen atoms in total. The maximum Gasteiger partial charge on any atom is 0.472 e. The average molecular weight is 1650 g/mol. The van der Waals surface area contributed by atoms with E-state index in [4.69, 9.17) is 32.3 Å². The number of phosphoric ester groups is 2. The number of unbranched alkanes of at least 4 members (excludes halogenated alkanes) is 37. The molecule has 0 rings (SSSR count). The highest BCUT2D eigenvalue weighted by atomic mass is 31.2. The van der Waals surface area contributed by atoms with Gasteiger partial charge in [0.15, 0.2) is 6.10 Å². The summed E-state index contributed by atoms with van der Waals surface area (Å²) in [6.07, 6.45) is 113. The molecule has 115 heavy (non-hydrogen) atoms. The molecule has 660 valence electrons. The molecule has 0 saturated carbocycles. The number of allylic oxidation sites excluding steroid dienone is 26. The van der Waals surface area contributed by atoms with E-state index < -0.39 is 91.5 Å². The van der Waals surface area contributed by atoms with E-state index in [1.807, 2.05) is 0 Å². The van der Waals surface area contributed by atoms with Crippen molar-refractivity contribution in [3.05, 3.63) is 158 Å². The van der Waals surface area contributed by atoms with Gasteiger partial charge in [0.2, 0.25) is 0 Å². The molecule has 0 spiro atoms. The molecule has 5 unspecified atom stereocenters. The van der Waals surface area contributed by atoms with Crippen molar-refractivity contribution >= 4 is 33.6 Å². The first kappa shape index (κ1) is 110. The normalized spacial score (nSPS) is 14.5. The summed E-state index contributed by atoms with van der Waals surface area (Å²) in [6, 6.07) is 0. The zero-order valence-corrected chi connectivity index (χ0v) is 74.5. The first-order valence-corrected chi connectivity index (χ1v) is 48.8. The number of rotatable bonds is 86. The number of carbonyl (C=O) groups is 3. The van der Waals surface area contributed by atoms with Gasteiger partial charge in [0.05, 0.1) is 26.4 Å². The van der Waals surface area contributed by atoms with Crippen LogP contribution in [-0.2, 0) is 55.8 Å². The van der Waals surface area contributed by atoms with Gasteiger partial charge in [0.25, 0.3) is 0 Å². The molecule has 0 fully saturated rings. The predicted molar refractivity (Wildman–Crippen MR) is 482 cm³/mol. The van der Waals surface area contributed by atoms with Gasteiger partial charge in [-0.3, -0.25) is 32.5 Å². The van der Waals surface area contributed by atoms with Crippen LogP contribution < -0.4 is 0 Å². The smallest absolute Gasteiger partial charge is 0.463 e. The summed E-state index contributed by atoms with van der Waals surface area (Å²) in [5.74, 6) is -1.60. The van der Waals surface area contributed by atoms with Gasteiger partial charge in [0.1, 0.15) is 25.4 Å². The van der Waals surface area contributed by atoms with E-state index in [1.54, 1.807) is 0 Å². The molecule has 18 heteroatoms. The molecule has 0 aliphatic heterocycles. The molecule has 0 saturated heterocycles. The Kier molecular flexibility index (Phi) is 84.7. The van der Waals surface area contributed by atoms with Crippen molar-refractivity contribution < 1.29 is 75.8 Å². The lowest BCUT2D eigenvalue weighted by molar-refractivity contribution is -0.161. The van der Waals surface area contributed by atoms with Gasteiger partial charge < -0.3 is 34.2 Å². The van der Waals surface area contributed by atoms with Gasteiger partial charge in [0, 0.05) is 19.3 Å². The molecule has 4 N–H and O–H groups in total. The number of phosphoric acid groups is 2. The standard InChI is InChI=1S/C97H166O16P2/c1-4-7-10-13-16-19-22-25-28-31-34-37-39-41-42-43-44-45-46-47-48-50-52-54-56-59-62-65-68-71-74-77-80-83-95(100)107-86-92(98)87-109-114(103,104)110-88-93(99)89-111-115(105,106)112-91-94(113-97(102)85-82-79-76-73-70-67-64-61-58-53-36-33-30-27-24-21-18-15-12-9-6-3)90-108-96(101)84-81-78-75-72-69-66-63-60-57-55-51-49-40-38-35-32-29-26-23-20-17-14-11-8-5-2/h9,12,16-21,25-30,34-38,41-42,49,51,53,61,64,92-94,98-99H,4-8,10-11,13-15,22-24,31-33,39-40,43-48,50,52,54-60,62-63,65-91H2,1-3H3,(H,103,104)(H,105,106)/b12-9-,19-16-,20-17-,21-18-,28-25-,29-26-,30-27-,37-34-,38-35-,42-41-,51-49-,53-36-,64-61-. The lowest BCUT2D eigenvalue weighted by Crippen LogP contribution is -2.30. The third kappa shape index (κ3) is 89.8. The van der Waals surface area contributed by atoms with Crippen molar-refractivity contribution in [3.63, 3.8) is 0 Å². The fourth-order valence-corrected chi connectivity index (χ4v) is 13.9. The van der Waals surface area contributed by atoms with Gasteiger partial charge in [-0.15, -0.1) is 0 Å². The van der Waals surface area contributed by atoms with Crippen molar-refractivity contribution in [1.29, 1.82) is 0 Å². The molecule has 0 aliphatic rings. The Balaban J connectivity index is 4.57. The van der Waals surface area contributed by atoms with Crippen LogP contribution in [0.3, 0.4) is 0 Å². The van der Waals surface area contributed by atoms with Crippen molar-refractivity contribution in [2.24, 2.45) is 0 Å². The molecule has 0 aliphatic carbocycles. The quantitative estimate of drug-likeness (QED) is 0.0146. The minimum Gasteiger partial charge on any atom is -0.463 e. The number of hydrogen-bond acceptors (Lipinski definition) is 14. The number of hydrogen-bond donors (Lipinski definition) is 4. The summed E-state index contributed by atoms with van der Waals surface area (Å²) in [5.41, 5.74) is 0. The molecule has 0 aromatic rings. The van der Waals surface area contributed by atoms with Crippen molar-refractivity contribution in [1.82, 2.24) is 0 Å². The molecule has 0 heterocycles. The third-order valence-electron chi connectivity index (χ3n) is 19.2. The molecule has 5 atom stereocenters. The van der Waals surface area contributed by atoms with Crippen molar-refractivity contribution in [2.45, 2.75) is 399 Å². The minimum absolute atomic E-state index is 0.0767. The Morgan fingerprint density at radius 2 is 0.461 bits per heavy atom. The molecule has 0 radical (unpaired) electrons. The van der Waals surface area contributed by atoms with Crippen LogP contribution >= 0.6 is 15.6 Å². The largest absolute Gasteiger partial charge is 0.472 e. The zero-order valence-electron chi connectivity index (χ0n) is 72.7. The second-order valence-electron chi connectivity index (χ2n) is 30.4. The maximum atomic E-state index is 13.0. The molecule has 0 aromatic carbocycles. The number of aliphatic hydroxyl groups excluding tert-OH is 2. The average Bonchev–Trinajstić information content (AvgIpc) is 0.893. The fraction of sp³-hybridized carbons (Fsp3) is 0.701. The zero-order chi connectivity index (χ0) is 83.6. The van der Waals surface area contributed by atoms with Crippen LogP contribution in [-0.4, -0.2) is 95.9 Å². The Morgan fingerprint density at radius 1 is 0.252 bits per heavy atom. The summed E-state index contributed by atoms with van der Waals surface area (Å²) >= 11 is 0. The number of aliphatic hydroxyl groups is 2. The molecule has 0 amide bonds. The maximum absolute atomic E-state index is 13.0. The summed E-state index contributed by atoms with van der Waals surface area (Å²) in [5, 5.41) is 20.7. The lowest BCUT2D eigenvalue weighted by Gasteiger charge is -2.21. The Labute approximate surface area is 701 Å². The van der Waals surface area contributed by atoms with Crippen molar-refractivity contribution in [3.8, 4) is 0 Å². The molecular formula is C97H166O16P2. The Bertz CT molecular complexity index is 2720. The first-order chi connectivity index (χ1) is 56.2. The molecule has 0 bridgehead atoms. The van der Waals surface area contributed by atoms with Gasteiger partial charge in [-0.25, -0.2) is 9.13 Å². The van der Waals surface area contributed by atoms with Gasteiger partial charge >= 0.3 is 33.6 Å². The summed E-state index contributed by atoms with van der Waals surface area (Å²) in [4.78, 5) is 59.0. The second kappa shape index (κ2) is 88.5. The Morgan fingerprint density at radius 3 is 0.730 bits per heavy atom. The van der Waals surface area contributed by atoms with Crippen LogP contribution in [0.5, 0.6) is 0 Å². The highest BCUT2D eigenvalue weighted by Crippen LogP contribution is 2.45. The van der Waals surface area contributed by atoms with Crippen LogP contribution in [0.4, 0.5) is 0 Å². The van der Waals surface area contributed by atoms with Crippen LogP contribution in [0, 0.1) is 0 Å². The topological polar surface area (TPSA) is 231 Å². The minimum atomic E-state index is -4.95. The SMILES string of the molecule is CC/C=C\C/C=C\C/C=C\C/C=C\C/C=C\CCCCCCCC(=O)OC(COC(=O)CCCCCCCCCCC/C=C\C/C=C\C/C=C\C/C=C\CCCCC)COP(=O)(O)OCC(O)COP(=O)(O)OCC(O)COC(=O)CCCCCCCCCCCCCCCCCCC/C=C\C/C=C\C/C=C\C/C=C\CCCCC. The number of esters is 3. The second-order valence-corrected chi connectivity index (χ2v) is 33.3. The number of carbonyl (C=O) groups excluding carboxylic acids is 3. The molecular weight excluding hydrogens is 1480 g/mol. The molecule has 0 aromatic heterocycles. The first-order valence-electron chi connectivity index (χ1n) is 45.8. The summed E-state index contributed by atoms with van der Waals surface area (Å²) < 4.78 is 61.4. The fourth-order valence-electron chi connectivity index (χ4n) is 12.3.